The van der Waals surface area contributed by atoms with Crippen molar-refractivity contribution in [3.63, 3.8) is 0 Å². The summed E-state index contributed by atoms with van der Waals surface area (Å²) in [6.07, 6.45) is 6.36. The highest BCUT2D eigenvalue weighted by atomic mass is 79.9. The van der Waals surface area contributed by atoms with Crippen LogP contribution in [-0.2, 0) is 22.6 Å². The number of fused-ring (bicyclic) bond motifs is 3. The minimum absolute atomic E-state index is 0.0147. The van der Waals surface area contributed by atoms with E-state index >= 15 is 0 Å². The molecule has 39 heavy (non-hydrogen) atoms. The van der Waals surface area contributed by atoms with Gasteiger partial charge in [-0.3, -0.25) is 19.1 Å². The van der Waals surface area contributed by atoms with Gasteiger partial charge in [0.15, 0.2) is 11.6 Å². The number of carbonyl (C=O) groups excluding carboxylic acids is 3. The van der Waals surface area contributed by atoms with E-state index in [0.29, 0.717) is 32.7 Å². The van der Waals surface area contributed by atoms with Crippen LogP contribution < -0.4 is 0 Å². The average Bonchev–Trinajstić information content (AvgIpc) is 3.62. The minimum Gasteiger partial charge on any atom is -0.328 e. The quantitative estimate of drug-likeness (QED) is 0.234. The second-order valence-electron chi connectivity index (χ2n) is 10.4. The Bertz CT molecular complexity index is 1620. The zero-order valence-corrected chi connectivity index (χ0v) is 23.3. The van der Waals surface area contributed by atoms with Crippen LogP contribution in [0.2, 0.25) is 0 Å². The standard InChI is InChI=1S/C29H27BrN6O3/c1-16(37)28-23-11-18(20-13-31-17(2)32-14-20)7-9-24(23)35(34-28)15-27(39)36-22-8-6-19(10-22)29(36)25(38)12-21-4-3-5-26(30)33-21/h3-5,7,9,11,13-14,19,22,29H,6,8,10,12,15H2,1-2H3/t19?,22?,29-/m0/s1. The molecule has 2 unspecified atom stereocenters. The second kappa shape index (κ2) is 10.1. The number of likely N-dealkylation sites (tertiary alicyclic amines) is 1. The maximum Gasteiger partial charge on any atom is 0.245 e. The van der Waals surface area contributed by atoms with Gasteiger partial charge >= 0.3 is 0 Å². The van der Waals surface area contributed by atoms with E-state index in [1.165, 1.54) is 6.92 Å². The Hall–Kier alpha value is -3.79. The molecule has 2 bridgehead atoms. The summed E-state index contributed by atoms with van der Waals surface area (Å²) in [6, 6.07) is 10.8. The predicted molar refractivity (Wildman–Crippen MR) is 148 cm³/mol. The number of halogens is 1. The highest BCUT2D eigenvalue weighted by Crippen LogP contribution is 2.43. The first-order valence-corrected chi connectivity index (χ1v) is 13.8. The number of carbonyl (C=O) groups is 3. The fraction of sp³-hybridized carbons (Fsp3) is 0.345. The third kappa shape index (κ3) is 4.78. The molecule has 9 nitrogen and oxygen atoms in total. The normalized spacial score (nSPS) is 20.1. The molecule has 1 amide bonds. The van der Waals surface area contributed by atoms with Crippen LogP contribution in [0.25, 0.3) is 22.0 Å². The fourth-order valence-electron chi connectivity index (χ4n) is 6.08. The fourth-order valence-corrected chi connectivity index (χ4v) is 6.47. The van der Waals surface area contributed by atoms with Gasteiger partial charge in [-0.25, -0.2) is 15.0 Å². The largest absolute Gasteiger partial charge is 0.328 e. The second-order valence-corrected chi connectivity index (χ2v) is 11.2. The number of piperidine rings is 1. The summed E-state index contributed by atoms with van der Waals surface area (Å²) in [7, 11) is 0. The van der Waals surface area contributed by atoms with Gasteiger partial charge in [0, 0.05) is 42.0 Å². The first kappa shape index (κ1) is 25.5. The molecule has 1 saturated heterocycles. The number of pyridine rings is 1. The number of hydrogen-bond acceptors (Lipinski definition) is 7. The smallest absolute Gasteiger partial charge is 0.245 e. The highest BCUT2D eigenvalue weighted by molar-refractivity contribution is 9.10. The first-order chi connectivity index (χ1) is 18.8. The summed E-state index contributed by atoms with van der Waals surface area (Å²) < 4.78 is 2.27. The van der Waals surface area contributed by atoms with Crippen molar-refractivity contribution >= 4 is 44.3 Å². The van der Waals surface area contributed by atoms with E-state index in [0.717, 1.165) is 30.4 Å². The van der Waals surface area contributed by atoms with E-state index in [1.54, 1.807) is 22.0 Å². The third-order valence-electron chi connectivity index (χ3n) is 7.81. The molecule has 1 saturated carbocycles. The molecule has 3 aromatic heterocycles. The topological polar surface area (TPSA) is 111 Å². The molecular weight excluding hydrogens is 560 g/mol. The van der Waals surface area contributed by atoms with Crippen LogP contribution >= 0.6 is 15.9 Å². The van der Waals surface area contributed by atoms with Gasteiger partial charge in [0.2, 0.25) is 5.91 Å². The summed E-state index contributed by atoms with van der Waals surface area (Å²) in [5.74, 6) is 0.522. The Balaban J connectivity index is 1.29. The van der Waals surface area contributed by atoms with E-state index in [2.05, 4.69) is 36.0 Å². The number of ketones is 2. The molecule has 1 aromatic carbocycles. The summed E-state index contributed by atoms with van der Waals surface area (Å²) in [4.78, 5) is 54.4. The predicted octanol–water partition coefficient (Wildman–Crippen LogP) is 4.35. The molecule has 1 aliphatic carbocycles. The van der Waals surface area contributed by atoms with Gasteiger partial charge in [-0.1, -0.05) is 12.1 Å². The summed E-state index contributed by atoms with van der Waals surface area (Å²) in [6.45, 7) is 3.25. The number of aryl methyl sites for hydroxylation is 1. The molecule has 10 heteroatoms. The zero-order chi connectivity index (χ0) is 27.3. The molecule has 198 valence electrons. The van der Waals surface area contributed by atoms with Crippen molar-refractivity contribution in [2.75, 3.05) is 0 Å². The van der Waals surface area contributed by atoms with E-state index < -0.39 is 6.04 Å². The number of benzene rings is 1. The Labute approximate surface area is 233 Å². The molecule has 2 aliphatic rings. The molecule has 0 spiro atoms. The van der Waals surface area contributed by atoms with Crippen LogP contribution in [-0.4, -0.2) is 59.2 Å². The van der Waals surface area contributed by atoms with Gasteiger partial charge in [0.25, 0.3) is 0 Å². The van der Waals surface area contributed by atoms with Crippen LogP contribution in [0.1, 0.15) is 48.2 Å². The molecular formula is C29H27BrN6O3. The molecule has 1 aliphatic heterocycles. The number of rotatable bonds is 7. The number of amides is 1. The Morgan fingerprint density at radius 3 is 2.59 bits per heavy atom. The van der Waals surface area contributed by atoms with Crippen LogP contribution in [0.5, 0.6) is 0 Å². The molecule has 2 fully saturated rings. The van der Waals surface area contributed by atoms with Crippen LogP contribution in [0.4, 0.5) is 0 Å². The molecule has 4 heterocycles. The lowest BCUT2D eigenvalue weighted by Gasteiger charge is -2.34. The number of hydrogen-bond donors (Lipinski definition) is 0. The Morgan fingerprint density at radius 1 is 1.05 bits per heavy atom. The lowest BCUT2D eigenvalue weighted by atomic mass is 9.92. The van der Waals surface area contributed by atoms with Crippen molar-refractivity contribution in [2.24, 2.45) is 5.92 Å². The number of Topliss-reactive ketones (excluding diaryl/α,β-unsaturated/α-hetero) is 2. The summed E-state index contributed by atoms with van der Waals surface area (Å²) in [5.41, 5.74) is 3.37. The van der Waals surface area contributed by atoms with Gasteiger partial charge in [0.1, 0.15) is 22.7 Å². The molecule has 4 aromatic rings. The van der Waals surface area contributed by atoms with Crippen LogP contribution in [0.3, 0.4) is 0 Å². The highest BCUT2D eigenvalue weighted by Gasteiger charge is 2.50. The van der Waals surface area contributed by atoms with Gasteiger partial charge in [0.05, 0.1) is 18.0 Å². The molecule has 3 atom stereocenters. The SMILES string of the molecule is CC(=O)c1nn(CC(=O)N2C3CCC(C3)[C@H]2C(=O)Cc2cccc(Br)n2)c2ccc(-c3cnc(C)nc3)cc12. The maximum absolute atomic E-state index is 13.8. The number of nitrogens with zero attached hydrogens (tertiary/aromatic N) is 6. The molecule has 0 N–H and O–H groups in total. The molecule has 0 radical (unpaired) electrons. The van der Waals surface area contributed by atoms with E-state index in [4.69, 9.17) is 0 Å². The lowest BCUT2D eigenvalue weighted by molar-refractivity contribution is -0.142. The van der Waals surface area contributed by atoms with Crippen LogP contribution in [0.15, 0.2) is 53.4 Å². The maximum atomic E-state index is 13.8. The van der Waals surface area contributed by atoms with Gasteiger partial charge < -0.3 is 4.90 Å². The van der Waals surface area contributed by atoms with Gasteiger partial charge in [-0.15, -0.1) is 0 Å². The summed E-state index contributed by atoms with van der Waals surface area (Å²) >= 11 is 3.37. The van der Waals surface area contributed by atoms with E-state index in [9.17, 15) is 14.4 Å². The van der Waals surface area contributed by atoms with E-state index in [-0.39, 0.29) is 42.4 Å². The van der Waals surface area contributed by atoms with Crippen molar-refractivity contribution in [3.05, 3.63) is 70.6 Å². The van der Waals surface area contributed by atoms with Crippen molar-refractivity contribution < 1.29 is 14.4 Å². The average molecular weight is 587 g/mol. The van der Waals surface area contributed by atoms with Gasteiger partial charge in [-0.05, 0) is 77.9 Å². The first-order valence-electron chi connectivity index (χ1n) is 13.0. The van der Waals surface area contributed by atoms with Crippen molar-refractivity contribution in [1.29, 1.82) is 0 Å². The van der Waals surface area contributed by atoms with Crippen molar-refractivity contribution in [2.45, 2.75) is 58.2 Å². The van der Waals surface area contributed by atoms with Gasteiger partial charge in [-0.2, -0.15) is 5.10 Å². The van der Waals surface area contributed by atoms with Crippen LogP contribution in [0, 0.1) is 12.8 Å². The third-order valence-corrected chi connectivity index (χ3v) is 8.26. The lowest BCUT2D eigenvalue weighted by Crippen LogP contribution is -2.50. The summed E-state index contributed by atoms with van der Waals surface area (Å²) in [5, 5.41) is 5.22. The van der Waals surface area contributed by atoms with Crippen molar-refractivity contribution in [3.8, 4) is 11.1 Å². The minimum atomic E-state index is -0.459. The monoisotopic (exact) mass is 586 g/mol. The van der Waals surface area contributed by atoms with Crippen molar-refractivity contribution in [1.82, 2.24) is 29.6 Å². The Morgan fingerprint density at radius 2 is 1.85 bits per heavy atom. The molecule has 6 rings (SSSR count). The van der Waals surface area contributed by atoms with E-state index in [1.807, 2.05) is 43.3 Å². The number of aromatic nitrogens is 5. The zero-order valence-electron chi connectivity index (χ0n) is 21.7. The Kier molecular flexibility index (Phi) is 6.58.